The van der Waals surface area contributed by atoms with Crippen LogP contribution in [0.1, 0.15) is 5.69 Å². The van der Waals surface area contributed by atoms with Gasteiger partial charge in [-0.2, -0.15) is 0 Å². The second kappa shape index (κ2) is 7.69. The van der Waals surface area contributed by atoms with Gasteiger partial charge in [-0.05, 0) is 31.0 Å². The van der Waals surface area contributed by atoms with Crippen LogP contribution in [-0.4, -0.2) is 71.4 Å². The van der Waals surface area contributed by atoms with E-state index in [4.69, 9.17) is 5.11 Å². The van der Waals surface area contributed by atoms with Gasteiger partial charge in [-0.3, -0.25) is 9.88 Å². The molecule has 0 aromatic carbocycles. The molecule has 20 heavy (non-hydrogen) atoms. The molecule has 1 aliphatic rings. The number of aliphatic hydroxyl groups excluding tert-OH is 2. The Morgan fingerprint density at radius 1 is 1.30 bits per heavy atom. The van der Waals surface area contributed by atoms with Gasteiger partial charge in [0.25, 0.3) is 0 Å². The summed E-state index contributed by atoms with van der Waals surface area (Å²) in [6.45, 7) is 4.78. The summed E-state index contributed by atoms with van der Waals surface area (Å²) in [5.74, 6) is 0.778. The van der Waals surface area contributed by atoms with Gasteiger partial charge in [0.2, 0.25) is 0 Å². The smallest absolute Gasteiger partial charge is 0.0558 e. The summed E-state index contributed by atoms with van der Waals surface area (Å²) < 4.78 is 0. The van der Waals surface area contributed by atoms with Crippen molar-refractivity contribution in [2.75, 3.05) is 46.4 Å². The summed E-state index contributed by atoms with van der Waals surface area (Å²) in [5, 5.41) is 18.5. The van der Waals surface area contributed by atoms with Crippen molar-refractivity contribution in [3.05, 3.63) is 30.1 Å². The Labute approximate surface area is 120 Å². The molecule has 0 unspecified atom stereocenters. The lowest BCUT2D eigenvalue weighted by molar-refractivity contribution is 0.160. The maximum atomic E-state index is 9.55. The summed E-state index contributed by atoms with van der Waals surface area (Å²) >= 11 is 0. The molecule has 1 aliphatic heterocycles. The largest absolute Gasteiger partial charge is 0.396 e. The highest BCUT2D eigenvalue weighted by atomic mass is 16.3. The molecule has 0 saturated carbocycles. The van der Waals surface area contributed by atoms with Crippen LogP contribution in [0.25, 0.3) is 0 Å². The molecule has 1 aromatic heterocycles. The van der Waals surface area contributed by atoms with Crippen LogP contribution in [0, 0.1) is 11.8 Å². The van der Waals surface area contributed by atoms with Crippen LogP contribution in [0.4, 0.5) is 0 Å². The van der Waals surface area contributed by atoms with E-state index >= 15 is 0 Å². The second-order valence-electron chi connectivity index (χ2n) is 5.70. The molecule has 1 saturated heterocycles. The van der Waals surface area contributed by atoms with Crippen molar-refractivity contribution in [2.45, 2.75) is 6.54 Å². The van der Waals surface area contributed by atoms with Crippen molar-refractivity contribution in [1.29, 1.82) is 0 Å². The van der Waals surface area contributed by atoms with Crippen molar-refractivity contribution in [3.63, 3.8) is 0 Å². The first kappa shape index (κ1) is 15.4. The van der Waals surface area contributed by atoms with Gasteiger partial charge in [0.1, 0.15) is 0 Å². The Kier molecular flexibility index (Phi) is 5.91. The molecular formula is C15H25N3O2. The van der Waals surface area contributed by atoms with E-state index in [0.717, 1.165) is 31.9 Å². The van der Waals surface area contributed by atoms with Gasteiger partial charge in [-0.1, -0.05) is 6.07 Å². The average Bonchev–Trinajstić information content (AvgIpc) is 2.82. The molecule has 5 heteroatoms. The zero-order chi connectivity index (χ0) is 14.4. The average molecular weight is 279 g/mol. The molecule has 2 N–H and O–H groups in total. The molecule has 0 bridgehead atoms. The lowest BCUT2D eigenvalue weighted by atomic mass is 9.96. The highest BCUT2D eigenvalue weighted by Gasteiger charge is 2.32. The van der Waals surface area contributed by atoms with Gasteiger partial charge in [-0.25, -0.2) is 0 Å². The number of hydrogen-bond donors (Lipinski definition) is 2. The van der Waals surface area contributed by atoms with Crippen molar-refractivity contribution >= 4 is 0 Å². The monoisotopic (exact) mass is 279 g/mol. The highest BCUT2D eigenvalue weighted by molar-refractivity contribution is 5.04. The lowest BCUT2D eigenvalue weighted by Gasteiger charge is -2.23. The summed E-state index contributed by atoms with van der Waals surface area (Å²) in [7, 11) is 2.02. The summed E-state index contributed by atoms with van der Waals surface area (Å²) in [6, 6.07) is 5.98. The molecule has 0 spiro atoms. The van der Waals surface area contributed by atoms with Gasteiger partial charge >= 0.3 is 0 Å². The minimum absolute atomic E-state index is 0.185. The Hall–Kier alpha value is -1.01. The van der Waals surface area contributed by atoms with Crippen molar-refractivity contribution in [3.8, 4) is 0 Å². The third kappa shape index (κ3) is 4.24. The number of pyridine rings is 1. The molecule has 0 amide bonds. The second-order valence-corrected chi connectivity index (χ2v) is 5.70. The molecule has 1 fully saturated rings. The van der Waals surface area contributed by atoms with Crippen LogP contribution in [0.3, 0.4) is 0 Å². The molecule has 2 rings (SSSR count). The lowest BCUT2D eigenvalue weighted by Crippen LogP contribution is -2.32. The predicted octanol–water partition coefficient (Wildman–Crippen LogP) is 0.0460. The van der Waals surface area contributed by atoms with E-state index in [9.17, 15) is 5.11 Å². The predicted molar refractivity (Wildman–Crippen MR) is 78.2 cm³/mol. The van der Waals surface area contributed by atoms with E-state index < -0.39 is 0 Å². The van der Waals surface area contributed by atoms with Crippen LogP contribution >= 0.6 is 0 Å². The maximum Gasteiger partial charge on any atom is 0.0558 e. The van der Waals surface area contributed by atoms with Crippen LogP contribution in [0.15, 0.2) is 24.4 Å². The van der Waals surface area contributed by atoms with Crippen molar-refractivity contribution < 1.29 is 10.2 Å². The van der Waals surface area contributed by atoms with Crippen molar-refractivity contribution in [1.82, 2.24) is 14.8 Å². The molecule has 2 atom stereocenters. The Morgan fingerprint density at radius 3 is 2.75 bits per heavy atom. The number of rotatable bonds is 7. The fourth-order valence-electron chi connectivity index (χ4n) is 2.96. The molecule has 0 aliphatic carbocycles. The van der Waals surface area contributed by atoms with E-state index in [1.54, 1.807) is 0 Å². The van der Waals surface area contributed by atoms with Gasteiger partial charge in [-0.15, -0.1) is 0 Å². The van der Waals surface area contributed by atoms with Gasteiger partial charge in [0, 0.05) is 45.5 Å². The highest BCUT2D eigenvalue weighted by Crippen LogP contribution is 2.24. The SMILES string of the molecule is CN(CCO)C[C@@H]1CN(Cc2ccccn2)C[C@@H]1CO. The Bertz CT molecular complexity index is 388. The Morgan fingerprint density at radius 2 is 2.10 bits per heavy atom. The third-order valence-corrected chi connectivity index (χ3v) is 4.03. The zero-order valence-corrected chi connectivity index (χ0v) is 12.1. The number of nitrogens with zero attached hydrogens (tertiary/aromatic N) is 3. The Balaban J connectivity index is 1.88. The molecule has 112 valence electrons. The molecule has 1 aromatic rings. The van der Waals surface area contributed by atoms with Crippen molar-refractivity contribution in [2.24, 2.45) is 11.8 Å². The molecule has 5 nitrogen and oxygen atoms in total. The minimum Gasteiger partial charge on any atom is -0.396 e. The quantitative estimate of drug-likeness (QED) is 0.738. The standard InChI is InChI=1S/C15H25N3O2/c1-17(6-7-19)8-13-9-18(10-14(13)12-20)11-15-4-2-3-5-16-15/h2-5,13-14,19-20H,6-12H2,1H3/t13-,14-/m1/s1. The molecule has 0 radical (unpaired) electrons. The summed E-state index contributed by atoms with van der Waals surface area (Å²) in [5.41, 5.74) is 1.08. The van der Waals surface area contributed by atoms with Gasteiger partial charge < -0.3 is 15.1 Å². The van der Waals surface area contributed by atoms with E-state index in [-0.39, 0.29) is 13.2 Å². The number of hydrogen-bond acceptors (Lipinski definition) is 5. The molecular weight excluding hydrogens is 254 g/mol. The summed E-state index contributed by atoms with van der Waals surface area (Å²) in [4.78, 5) is 8.86. The molecule has 2 heterocycles. The minimum atomic E-state index is 0.185. The van der Waals surface area contributed by atoms with E-state index in [0.29, 0.717) is 18.4 Å². The van der Waals surface area contributed by atoms with E-state index in [2.05, 4.69) is 14.8 Å². The first-order chi connectivity index (χ1) is 9.72. The van der Waals surface area contributed by atoms with E-state index in [1.165, 1.54) is 0 Å². The van der Waals surface area contributed by atoms with Crippen LogP contribution < -0.4 is 0 Å². The topological polar surface area (TPSA) is 59.8 Å². The van der Waals surface area contributed by atoms with Gasteiger partial charge in [0.05, 0.1) is 12.3 Å². The number of aromatic nitrogens is 1. The van der Waals surface area contributed by atoms with Gasteiger partial charge in [0.15, 0.2) is 0 Å². The fourth-order valence-corrected chi connectivity index (χ4v) is 2.96. The number of likely N-dealkylation sites (N-methyl/N-ethyl adjacent to an activating group) is 1. The fraction of sp³-hybridized carbons (Fsp3) is 0.667. The zero-order valence-electron chi connectivity index (χ0n) is 12.1. The first-order valence-electron chi connectivity index (χ1n) is 7.25. The maximum absolute atomic E-state index is 9.55. The number of likely N-dealkylation sites (tertiary alicyclic amines) is 1. The first-order valence-corrected chi connectivity index (χ1v) is 7.25. The van der Waals surface area contributed by atoms with Crippen LogP contribution in [-0.2, 0) is 6.54 Å². The van der Waals surface area contributed by atoms with Crippen LogP contribution in [0.2, 0.25) is 0 Å². The number of aliphatic hydroxyl groups is 2. The van der Waals surface area contributed by atoms with Crippen LogP contribution in [0.5, 0.6) is 0 Å². The summed E-state index contributed by atoms with van der Waals surface area (Å²) in [6.07, 6.45) is 1.82. The van der Waals surface area contributed by atoms with E-state index in [1.807, 2.05) is 31.4 Å². The third-order valence-electron chi connectivity index (χ3n) is 4.03. The normalized spacial score (nSPS) is 23.6.